The lowest BCUT2D eigenvalue weighted by Gasteiger charge is -2.13. The molecular formula is C20H20N4O4. The van der Waals surface area contributed by atoms with Gasteiger partial charge in [0.2, 0.25) is 5.60 Å². The van der Waals surface area contributed by atoms with Gasteiger partial charge in [0, 0.05) is 31.5 Å². The maximum absolute atomic E-state index is 12.1. The van der Waals surface area contributed by atoms with E-state index in [1.54, 1.807) is 36.0 Å². The third-order valence-corrected chi connectivity index (χ3v) is 5.09. The minimum absolute atomic E-state index is 0.00916. The molecule has 8 nitrogen and oxygen atoms in total. The van der Waals surface area contributed by atoms with E-state index in [-0.39, 0.29) is 18.0 Å². The van der Waals surface area contributed by atoms with Crippen LogP contribution in [-0.4, -0.2) is 57.4 Å². The number of carbonyl (C=O) groups excluding carboxylic acids is 2. The highest BCUT2D eigenvalue weighted by atomic mass is 16.5. The van der Waals surface area contributed by atoms with Gasteiger partial charge in [0.25, 0.3) is 11.8 Å². The van der Waals surface area contributed by atoms with Crippen molar-refractivity contribution in [1.82, 2.24) is 14.7 Å². The molecule has 2 amide bonds. The molecule has 0 aliphatic carbocycles. The van der Waals surface area contributed by atoms with E-state index in [1.807, 2.05) is 6.92 Å². The molecule has 0 spiro atoms. The van der Waals surface area contributed by atoms with Gasteiger partial charge < -0.3 is 20.5 Å². The van der Waals surface area contributed by atoms with Gasteiger partial charge in [0.1, 0.15) is 11.4 Å². The lowest BCUT2D eigenvalue weighted by Crippen LogP contribution is -2.37. The number of benzene rings is 1. The molecule has 144 valence electrons. The Hall–Kier alpha value is -3.31. The quantitative estimate of drug-likeness (QED) is 0.697. The van der Waals surface area contributed by atoms with E-state index in [4.69, 9.17) is 10.5 Å². The molecule has 3 N–H and O–H groups in total. The highest BCUT2D eigenvalue weighted by Crippen LogP contribution is 2.32. The third-order valence-electron chi connectivity index (χ3n) is 5.09. The molecule has 0 radical (unpaired) electrons. The van der Waals surface area contributed by atoms with E-state index >= 15 is 0 Å². The highest BCUT2D eigenvalue weighted by Gasteiger charge is 2.42. The average molecular weight is 380 g/mol. The van der Waals surface area contributed by atoms with Crippen molar-refractivity contribution in [1.29, 1.82) is 0 Å². The van der Waals surface area contributed by atoms with Crippen LogP contribution in [0.4, 0.5) is 0 Å². The van der Waals surface area contributed by atoms with Crippen LogP contribution in [-0.2, 0) is 4.79 Å². The molecule has 8 heteroatoms. The fourth-order valence-electron chi connectivity index (χ4n) is 3.39. The van der Waals surface area contributed by atoms with Crippen molar-refractivity contribution in [2.75, 3.05) is 20.2 Å². The largest absolute Gasteiger partial charge is 0.491 e. The summed E-state index contributed by atoms with van der Waals surface area (Å²) < 4.78 is 7.49. The number of aromatic nitrogens is 2. The van der Waals surface area contributed by atoms with E-state index in [2.05, 4.69) is 16.9 Å². The van der Waals surface area contributed by atoms with Crippen LogP contribution in [0, 0.1) is 11.8 Å². The Labute approximate surface area is 161 Å². The number of hydrogen-bond donors (Lipinski definition) is 2. The predicted octanol–water partition coefficient (Wildman–Crippen LogP) is 0.412. The van der Waals surface area contributed by atoms with E-state index in [9.17, 15) is 14.7 Å². The van der Waals surface area contributed by atoms with Crippen molar-refractivity contribution in [3.63, 3.8) is 0 Å². The van der Waals surface area contributed by atoms with Crippen LogP contribution in [0.1, 0.15) is 41.0 Å². The third kappa shape index (κ3) is 2.90. The molecule has 1 fully saturated rings. The van der Waals surface area contributed by atoms with Crippen molar-refractivity contribution >= 4 is 11.8 Å². The zero-order valence-electron chi connectivity index (χ0n) is 15.6. The Bertz CT molecular complexity index is 1050. The van der Waals surface area contributed by atoms with E-state index in [1.165, 1.54) is 4.90 Å². The molecule has 28 heavy (non-hydrogen) atoms. The second kappa shape index (κ2) is 6.39. The number of hydrogen-bond acceptors (Lipinski definition) is 5. The van der Waals surface area contributed by atoms with Crippen molar-refractivity contribution in [2.24, 2.45) is 5.73 Å². The highest BCUT2D eigenvalue weighted by molar-refractivity contribution is 5.91. The Balaban J connectivity index is 1.76. The van der Waals surface area contributed by atoms with Crippen LogP contribution in [0.25, 0.3) is 5.69 Å². The van der Waals surface area contributed by atoms with Crippen molar-refractivity contribution in [2.45, 2.75) is 24.9 Å². The minimum Gasteiger partial charge on any atom is -0.491 e. The topological polar surface area (TPSA) is 111 Å². The Morgan fingerprint density at radius 1 is 1.43 bits per heavy atom. The van der Waals surface area contributed by atoms with E-state index in [0.29, 0.717) is 30.2 Å². The first kappa shape index (κ1) is 18.1. The Kier molecular flexibility index (Phi) is 4.12. The predicted molar refractivity (Wildman–Crippen MR) is 100 cm³/mol. The van der Waals surface area contributed by atoms with Crippen LogP contribution in [0.15, 0.2) is 24.3 Å². The first-order valence-corrected chi connectivity index (χ1v) is 8.96. The Morgan fingerprint density at radius 2 is 2.21 bits per heavy atom. The molecule has 1 unspecified atom stereocenters. The molecular weight excluding hydrogens is 360 g/mol. The standard InChI is InChI=1S/C20H20N4O4/c1-12-11-28-17-4-3-13(5-6-20(27)7-8-23(2)19(20)26)9-16(17)24-15(12)10-14(22-24)18(21)25/h3-4,9-10,12,27H,7-8,11H2,1-2H3,(H2,21,25)/t12?,20-/m0/s1. The van der Waals surface area contributed by atoms with Gasteiger partial charge in [-0.3, -0.25) is 9.59 Å². The molecule has 1 aromatic carbocycles. The smallest absolute Gasteiger partial charge is 0.269 e. The van der Waals surface area contributed by atoms with Crippen LogP contribution in [0.5, 0.6) is 5.75 Å². The fraction of sp³-hybridized carbons (Fsp3) is 0.350. The van der Waals surface area contributed by atoms with Crippen molar-refractivity contribution in [3.8, 4) is 23.3 Å². The lowest BCUT2D eigenvalue weighted by atomic mass is 10.0. The fourth-order valence-corrected chi connectivity index (χ4v) is 3.39. The Morgan fingerprint density at radius 3 is 2.89 bits per heavy atom. The number of likely N-dealkylation sites (tertiary alicyclic amines) is 1. The average Bonchev–Trinajstić information content (AvgIpc) is 3.20. The van der Waals surface area contributed by atoms with Crippen molar-refractivity contribution in [3.05, 3.63) is 41.2 Å². The number of ether oxygens (including phenoxy) is 1. The molecule has 0 bridgehead atoms. The van der Waals surface area contributed by atoms with Gasteiger partial charge in [-0.15, -0.1) is 0 Å². The molecule has 4 rings (SSSR count). The first-order chi connectivity index (χ1) is 13.3. The zero-order valence-corrected chi connectivity index (χ0v) is 15.6. The zero-order chi connectivity index (χ0) is 20.1. The summed E-state index contributed by atoms with van der Waals surface area (Å²) in [5.74, 6) is 5.20. The summed E-state index contributed by atoms with van der Waals surface area (Å²) in [6.45, 7) is 2.87. The van der Waals surface area contributed by atoms with Gasteiger partial charge in [-0.05, 0) is 24.3 Å². The minimum atomic E-state index is -1.66. The number of aliphatic hydroxyl groups is 1. The van der Waals surface area contributed by atoms with Crippen LogP contribution in [0.2, 0.25) is 0 Å². The normalized spacial score (nSPS) is 23.2. The lowest BCUT2D eigenvalue weighted by molar-refractivity contribution is -0.137. The summed E-state index contributed by atoms with van der Waals surface area (Å²) in [4.78, 5) is 25.1. The number of fused-ring (bicyclic) bond motifs is 3. The van der Waals surface area contributed by atoms with Gasteiger partial charge in [0.05, 0.1) is 12.3 Å². The second-order valence-electron chi connectivity index (χ2n) is 7.21. The van der Waals surface area contributed by atoms with E-state index < -0.39 is 17.4 Å². The molecule has 3 heterocycles. The summed E-state index contributed by atoms with van der Waals surface area (Å²) in [6.07, 6.45) is 0.270. The monoisotopic (exact) mass is 380 g/mol. The van der Waals surface area contributed by atoms with Crippen LogP contribution >= 0.6 is 0 Å². The number of primary amides is 1. The number of carbonyl (C=O) groups is 2. The van der Waals surface area contributed by atoms with Gasteiger partial charge >= 0.3 is 0 Å². The number of nitrogens with zero attached hydrogens (tertiary/aromatic N) is 3. The summed E-state index contributed by atoms with van der Waals surface area (Å²) in [5.41, 5.74) is 5.93. The summed E-state index contributed by atoms with van der Waals surface area (Å²) in [5, 5.41) is 14.8. The maximum atomic E-state index is 12.1. The number of likely N-dealkylation sites (N-methyl/N-ethyl adjacent to an activating group) is 1. The SMILES string of the molecule is CC1COc2ccc(C#C[C@]3(O)CCN(C)C3=O)cc2-n2nc(C(N)=O)cc21. The second-order valence-corrected chi connectivity index (χ2v) is 7.21. The summed E-state index contributed by atoms with van der Waals surface area (Å²) >= 11 is 0. The number of amides is 2. The molecule has 0 saturated carbocycles. The molecule has 1 aromatic heterocycles. The molecule has 2 aromatic rings. The van der Waals surface area contributed by atoms with Crippen LogP contribution < -0.4 is 10.5 Å². The first-order valence-electron chi connectivity index (χ1n) is 8.96. The van der Waals surface area contributed by atoms with Crippen molar-refractivity contribution < 1.29 is 19.4 Å². The maximum Gasteiger partial charge on any atom is 0.269 e. The van der Waals surface area contributed by atoms with Gasteiger partial charge in [-0.1, -0.05) is 18.8 Å². The number of rotatable bonds is 1. The molecule has 1 saturated heterocycles. The van der Waals surface area contributed by atoms with Gasteiger partial charge in [-0.2, -0.15) is 5.10 Å². The number of nitrogens with two attached hydrogens (primary N) is 1. The summed E-state index contributed by atoms with van der Waals surface area (Å²) in [6, 6.07) is 6.94. The molecule has 2 aliphatic rings. The van der Waals surface area contributed by atoms with Crippen LogP contribution in [0.3, 0.4) is 0 Å². The molecule has 2 atom stereocenters. The summed E-state index contributed by atoms with van der Waals surface area (Å²) in [7, 11) is 1.64. The van der Waals surface area contributed by atoms with E-state index in [0.717, 1.165) is 5.69 Å². The van der Waals surface area contributed by atoms with Gasteiger partial charge in [-0.25, -0.2) is 4.68 Å². The molecule has 2 aliphatic heterocycles. The van der Waals surface area contributed by atoms with Gasteiger partial charge in [0.15, 0.2) is 5.69 Å².